The van der Waals surface area contributed by atoms with Gasteiger partial charge in [0.25, 0.3) is 0 Å². The molecule has 0 amide bonds. The van der Waals surface area contributed by atoms with Gasteiger partial charge in [-0.3, -0.25) is 0 Å². The van der Waals surface area contributed by atoms with Crippen LogP contribution in [0.3, 0.4) is 0 Å². The fourth-order valence-corrected chi connectivity index (χ4v) is 0.832. The van der Waals surface area contributed by atoms with Gasteiger partial charge in [-0.25, -0.2) is 0 Å². The van der Waals surface area contributed by atoms with E-state index >= 15 is 0 Å². The van der Waals surface area contributed by atoms with Crippen molar-refractivity contribution in [1.82, 2.24) is 0 Å². The molecule has 0 unspecified atom stereocenters. The molecule has 0 bridgehead atoms. The smallest absolute Gasteiger partial charge is 1.00 e. The van der Waals surface area contributed by atoms with Crippen molar-refractivity contribution in [3.8, 4) is 17.2 Å². The minimum absolute atomic E-state index is 0. The molecule has 1 aromatic carbocycles. The van der Waals surface area contributed by atoms with E-state index < -0.39 is 0 Å². The van der Waals surface area contributed by atoms with Gasteiger partial charge < -0.3 is 16.0 Å². The summed E-state index contributed by atoms with van der Waals surface area (Å²) in [4.78, 5) is 0. The second-order valence-electron chi connectivity index (χ2n) is 2.01. The van der Waals surface area contributed by atoms with E-state index in [0.29, 0.717) is 11.5 Å². The largest absolute Gasteiger partial charge is 1.00 e. The van der Waals surface area contributed by atoms with E-state index in [1.54, 1.807) is 18.2 Å². The van der Waals surface area contributed by atoms with Crippen LogP contribution in [0.15, 0.2) is 18.2 Å². The van der Waals surface area contributed by atoms with Crippen LogP contribution in [0.1, 0.15) is 1.43 Å². The predicted molar refractivity (Wildman–Crippen MR) is 42.3 cm³/mol. The molecule has 12 heavy (non-hydrogen) atoms. The predicted octanol–water partition coefficient (Wildman–Crippen LogP) is -1.47. The standard InChI is InChI=1S/C8H10O3.Li.H/c1-10-6-4-3-5-7(11-2)8(6)9;;/h3-5,9H,1-2H3;;/q;+1;-1. The van der Waals surface area contributed by atoms with Crippen molar-refractivity contribution < 1.29 is 34.9 Å². The monoisotopic (exact) mass is 162 g/mol. The van der Waals surface area contributed by atoms with E-state index in [2.05, 4.69) is 0 Å². The summed E-state index contributed by atoms with van der Waals surface area (Å²) >= 11 is 0. The molecule has 0 saturated carbocycles. The summed E-state index contributed by atoms with van der Waals surface area (Å²) < 4.78 is 9.71. The van der Waals surface area contributed by atoms with Crippen molar-refractivity contribution in [1.29, 1.82) is 0 Å². The maximum Gasteiger partial charge on any atom is 1.00 e. The number of hydrogen-bond donors (Lipinski definition) is 1. The first kappa shape index (κ1) is 11.2. The van der Waals surface area contributed by atoms with Crippen LogP contribution in [0.2, 0.25) is 0 Å². The zero-order chi connectivity index (χ0) is 8.27. The maximum absolute atomic E-state index is 9.34. The molecule has 0 heterocycles. The summed E-state index contributed by atoms with van der Waals surface area (Å²) in [6.45, 7) is 0. The molecule has 0 fully saturated rings. The molecule has 0 aliphatic carbocycles. The Kier molecular flexibility index (Phi) is 4.64. The Bertz CT molecular complexity index is 233. The third kappa shape index (κ3) is 2.10. The number of methoxy groups -OCH3 is 2. The molecule has 0 aromatic heterocycles. The van der Waals surface area contributed by atoms with Crippen molar-refractivity contribution >= 4 is 0 Å². The molecule has 3 nitrogen and oxygen atoms in total. The molecule has 0 aliphatic rings. The average Bonchev–Trinajstić information content (AvgIpc) is 2.05. The topological polar surface area (TPSA) is 38.7 Å². The van der Waals surface area contributed by atoms with Crippen LogP contribution in [-0.2, 0) is 0 Å². The number of para-hydroxylation sites is 1. The van der Waals surface area contributed by atoms with Gasteiger partial charge in [-0.05, 0) is 12.1 Å². The third-order valence-corrected chi connectivity index (χ3v) is 1.40. The molecule has 1 N–H and O–H groups in total. The number of phenols is 1. The number of hydrogen-bond acceptors (Lipinski definition) is 3. The van der Waals surface area contributed by atoms with Crippen LogP contribution in [0, 0.1) is 0 Å². The zero-order valence-corrected chi connectivity index (χ0v) is 7.50. The quantitative estimate of drug-likeness (QED) is 0.539. The van der Waals surface area contributed by atoms with Crippen molar-refractivity contribution in [2.45, 2.75) is 0 Å². The fourth-order valence-electron chi connectivity index (χ4n) is 0.832. The molecular formula is C8H11LiO3. The molecule has 62 valence electrons. The summed E-state index contributed by atoms with van der Waals surface area (Å²) in [5, 5.41) is 9.34. The average molecular weight is 162 g/mol. The molecule has 4 heteroatoms. The number of ether oxygens (including phenoxy) is 2. The van der Waals surface area contributed by atoms with Crippen molar-refractivity contribution in [2.24, 2.45) is 0 Å². The minimum Gasteiger partial charge on any atom is -1.00 e. The molecule has 0 saturated heterocycles. The van der Waals surface area contributed by atoms with Crippen molar-refractivity contribution in [3.05, 3.63) is 18.2 Å². The van der Waals surface area contributed by atoms with Gasteiger partial charge in [0, 0.05) is 0 Å². The molecule has 0 spiro atoms. The maximum atomic E-state index is 9.34. The second-order valence-corrected chi connectivity index (χ2v) is 2.01. The Labute approximate surface area is 85.0 Å². The minimum atomic E-state index is 0. The summed E-state index contributed by atoms with van der Waals surface area (Å²) in [6, 6.07) is 5.08. The van der Waals surface area contributed by atoms with E-state index in [1.807, 2.05) is 0 Å². The van der Waals surface area contributed by atoms with E-state index in [1.165, 1.54) is 14.2 Å². The van der Waals surface area contributed by atoms with E-state index in [9.17, 15) is 5.11 Å². The first-order chi connectivity index (χ1) is 5.29. The Balaban J connectivity index is 0. The summed E-state index contributed by atoms with van der Waals surface area (Å²) in [5.41, 5.74) is 0. The Morgan fingerprint density at radius 2 is 1.58 bits per heavy atom. The Hall–Kier alpha value is -0.783. The number of benzene rings is 1. The molecule has 1 aromatic rings. The molecule has 1 rings (SSSR count). The molecule has 0 aliphatic heterocycles. The van der Waals surface area contributed by atoms with Gasteiger partial charge in [0.15, 0.2) is 11.5 Å². The summed E-state index contributed by atoms with van der Waals surface area (Å²) in [5.74, 6) is 0.881. The Morgan fingerprint density at radius 1 is 1.17 bits per heavy atom. The fraction of sp³-hybridized carbons (Fsp3) is 0.250. The van der Waals surface area contributed by atoms with Gasteiger partial charge in [0.05, 0.1) is 14.2 Å². The van der Waals surface area contributed by atoms with Crippen molar-refractivity contribution in [3.63, 3.8) is 0 Å². The SMILES string of the molecule is COc1cccc(OC)c1O.[H-].[Li+]. The van der Waals surface area contributed by atoms with Gasteiger partial charge in [-0.15, -0.1) is 0 Å². The van der Waals surface area contributed by atoms with Gasteiger partial charge in [-0.1, -0.05) is 6.07 Å². The normalized spacial score (nSPS) is 8.50. The molecule has 0 atom stereocenters. The van der Waals surface area contributed by atoms with Crippen LogP contribution < -0.4 is 28.3 Å². The zero-order valence-electron chi connectivity index (χ0n) is 8.50. The first-order valence-electron chi connectivity index (χ1n) is 3.19. The van der Waals surface area contributed by atoms with Gasteiger partial charge >= 0.3 is 18.9 Å². The third-order valence-electron chi connectivity index (χ3n) is 1.40. The second kappa shape index (κ2) is 4.97. The van der Waals surface area contributed by atoms with Gasteiger partial charge in [-0.2, -0.15) is 0 Å². The molecular weight excluding hydrogens is 151 g/mol. The summed E-state index contributed by atoms with van der Waals surface area (Å²) in [7, 11) is 2.99. The van der Waals surface area contributed by atoms with Crippen LogP contribution in [0.4, 0.5) is 0 Å². The van der Waals surface area contributed by atoms with Crippen LogP contribution in [0.5, 0.6) is 17.2 Å². The van der Waals surface area contributed by atoms with Crippen LogP contribution in [-0.4, -0.2) is 19.3 Å². The van der Waals surface area contributed by atoms with Gasteiger partial charge in [0.2, 0.25) is 5.75 Å². The van der Waals surface area contributed by atoms with E-state index in [-0.39, 0.29) is 26.0 Å². The first-order valence-corrected chi connectivity index (χ1v) is 3.19. The van der Waals surface area contributed by atoms with Crippen LogP contribution in [0.25, 0.3) is 0 Å². The number of rotatable bonds is 2. The summed E-state index contributed by atoms with van der Waals surface area (Å²) in [6.07, 6.45) is 0. The number of phenolic OH excluding ortho intramolecular Hbond substituents is 1. The Morgan fingerprint density at radius 3 is 1.92 bits per heavy atom. The number of aromatic hydroxyl groups is 1. The van der Waals surface area contributed by atoms with Crippen LogP contribution >= 0.6 is 0 Å². The molecule has 0 radical (unpaired) electrons. The van der Waals surface area contributed by atoms with E-state index in [0.717, 1.165) is 0 Å². The van der Waals surface area contributed by atoms with Gasteiger partial charge in [0.1, 0.15) is 0 Å². The van der Waals surface area contributed by atoms with E-state index in [4.69, 9.17) is 9.47 Å². The van der Waals surface area contributed by atoms with Crippen molar-refractivity contribution in [2.75, 3.05) is 14.2 Å².